The minimum Gasteiger partial charge on any atom is -0.484 e. The summed E-state index contributed by atoms with van der Waals surface area (Å²) >= 11 is 0. The standard InChI is InChI=1S/C41H46F9N5O9S/c1-22-30-25(26-17-24(11-12-27(26)51-22)63-21-39(42,43)44)13-14-37(64-30)19-29-31(56)52-38(33(58)53-65(61,62)35(2)15-16-35)18-23(38)9-7-5-4-6-8-10-28(32(57)54(29)20-37)55(34(59)60)36(3,40(45,46)47)41(48,49)50/h7,9,11-12,17,23,28-29H,4-6,8,10,13-16,18-21H2,1-3H3,(H,52,56)(H,53,58)(H,59,60)/b9-7-/t23-,28+,29+,37-,38-/m1/s1. The van der Waals surface area contributed by atoms with Crippen LogP contribution in [0.3, 0.4) is 0 Å². The Morgan fingerprint density at radius 1 is 1.03 bits per heavy atom. The van der Waals surface area contributed by atoms with Crippen LogP contribution in [0.15, 0.2) is 30.4 Å². The zero-order valence-corrected chi connectivity index (χ0v) is 36.0. The summed E-state index contributed by atoms with van der Waals surface area (Å²) in [4.78, 5) is 60.5. The second kappa shape index (κ2) is 16.1. The molecule has 2 saturated carbocycles. The van der Waals surface area contributed by atoms with Crippen molar-refractivity contribution in [3.63, 3.8) is 0 Å². The normalized spacial score (nSPS) is 27.8. The fraction of sp³-hybridized carbons (Fsp3) is 0.634. The summed E-state index contributed by atoms with van der Waals surface area (Å²) in [5.41, 5.74) is -7.75. The molecule has 7 rings (SSSR count). The van der Waals surface area contributed by atoms with Gasteiger partial charge in [-0.2, -0.15) is 39.5 Å². The molecule has 3 N–H and O–H groups in total. The van der Waals surface area contributed by atoms with Crippen LogP contribution in [0.4, 0.5) is 44.3 Å². The first-order valence-electron chi connectivity index (χ1n) is 20.8. The van der Waals surface area contributed by atoms with Gasteiger partial charge in [0.15, 0.2) is 6.61 Å². The van der Waals surface area contributed by atoms with Gasteiger partial charge in [-0.25, -0.2) is 18.2 Å². The molecule has 0 bridgehead atoms. The van der Waals surface area contributed by atoms with Gasteiger partial charge < -0.3 is 24.8 Å². The summed E-state index contributed by atoms with van der Waals surface area (Å²) < 4.78 is 166. The van der Waals surface area contributed by atoms with Crippen LogP contribution in [0.1, 0.15) is 89.3 Å². The van der Waals surface area contributed by atoms with E-state index in [1.807, 2.05) is 0 Å². The molecule has 3 aliphatic heterocycles. The number of pyridine rings is 1. The van der Waals surface area contributed by atoms with Crippen LogP contribution in [0.5, 0.6) is 11.5 Å². The van der Waals surface area contributed by atoms with Crippen molar-refractivity contribution in [2.45, 2.75) is 143 Å². The van der Waals surface area contributed by atoms with Crippen molar-refractivity contribution >= 4 is 44.7 Å². The summed E-state index contributed by atoms with van der Waals surface area (Å²) in [6.45, 7) is 0.240. The number of aromatic nitrogens is 1. The number of nitrogens with zero attached hydrogens (tertiary/aromatic N) is 3. The lowest BCUT2D eigenvalue weighted by Crippen LogP contribution is -2.71. The second-order valence-electron chi connectivity index (χ2n) is 18.0. The number of sulfonamides is 1. The molecule has 1 saturated heterocycles. The fourth-order valence-electron chi connectivity index (χ4n) is 9.08. The van der Waals surface area contributed by atoms with Gasteiger partial charge in [0.1, 0.15) is 34.7 Å². The average molecular weight is 956 g/mol. The maximum atomic E-state index is 14.9. The van der Waals surface area contributed by atoms with Crippen LogP contribution in [-0.4, -0.2) is 117 Å². The lowest BCUT2D eigenvalue weighted by Gasteiger charge is -2.46. The number of alkyl halides is 9. The van der Waals surface area contributed by atoms with E-state index in [4.69, 9.17) is 9.47 Å². The van der Waals surface area contributed by atoms with E-state index in [1.54, 1.807) is 12.2 Å². The van der Waals surface area contributed by atoms with Crippen molar-refractivity contribution < 1.29 is 81.7 Å². The Morgan fingerprint density at radius 3 is 2.32 bits per heavy atom. The molecule has 5 aliphatic rings. The van der Waals surface area contributed by atoms with Gasteiger partial charge in [0, 0.05) is 23.3 Å². The first-order valence-corrected chi connectivity index (χ1v) is 22.3. The third-order valence-corrected chi connectivity index (χ3v) is 15.6. The molecule has 14 nitrogen and oxygen atoms in total. The van der Waals surface area contributed by atoms with Gasteiger partial charge in [-0.05, 0) is 90.3 Å². The maximum absolute atomic E-state index is 14.9. The second-order valence-corrected chi connectivity index (χ2v) is 20.2. The quantitative estimate of drug-likeness (QED) is 0.198. The molecule has 1 aromatic carbocycles. The molecule has 0 unspecified atom stereocenters. The predicted molar refractivity (Wildman–Crippen MR) is 210 cm³/mol. The lowest BCUT2D eigenvalue weighted by atomic mass is 9.87. The van der Waals surface area contributed by atoms with Crippen molar-refractivity contribution in [3.05, 3.63) is 41.6 Å². The minimum atomic E-state index is -6.31. The van der Waals surface area contributed by atoms with E-state index in [2.05, 4.69) is 15.0 Å². The highest BCUT2D eigenvalue weighted by molar-refractivity contribution is 7.91. The Labute approximate surface area is 366 Å². The van der Waals surface area contributed by atoms with E-state index in [9.17, 15) is 72.2 Å². The fourth-order valence-corrected chi connectivity index (χ4v) is 10.4. The number of hydrogen-bond acceptors (Lipinski definition) is 9. The van der Waals surface area contributed by atoms with E-state index >= 15 is 0 Å². The van der Waals surface area contributed by atoms with E-state index in [0.717, 1.165) is 0 Å². The first-order chi connectivity index (χ1) is 30.0. The topological polar surface area (TPSA) is 185 Å². The van der Waals surface area contributed by atoms with Crippen LogP contribution in [-0.2, 0) is 30.8 Å². The van der Waals surface area contributed by atoms with Gasteiger partial charge in [0.25, 0.3) is 5.91 Å². The molecule has 3 fully saturated rings. The minimum absolute atomic E-state index is 0.0228. The summed E-state index contributed by atoms with van der Waals surface area (Å²) in [7, 11) is -4.27. The molecule has 2 aliphatic carbocycles. The monoisotopic (exact) mass is 955 g/mol. The molecule has 358 valence electrons. The molecule has 4 heterocycles. The molecule has 1 spiro atoms. The van der Waals surface area contributed by atoms with Gasteiger partial charge in [-0.15, -0.1) is 0 Å². The van der Waals surface area contributed by atoms with E-state index in [-0.39, 0.29) is 75.0 Å². The number of hydrogen-bond donors (Lipinski definition) is 3. The van der Waals surface area contributed by atoms with Gasteiger partial charge in [-0.1, -0.05) is 25.0 Å². The third-order valence-electron chi connectivity index (χ3n) is 13.4. The third kappa shape index (κ3) is 8.74. The number of benzene rings is 1. The number of carbonyl (C=O) groups excluding carboxylic acids is 3. The number of fused-ring (bicyclic) bond motifs is 5. The number of ether oxygens (including phenoxy) is 2. The molecule has 4 amide bonds. The molecule has 5 atom stereocenters. The van der Waals surface area contributed by atoms with Crippen molar-refractivity contribution in [3.8, 4) is 11.5 Å². The summed E-state index contributed by atoms with van der Waals surface area (Å²) in [5, 5.41) is 13.1. The number of aryl methyl sites for hydroxylation is 2. The molecule has 2 aromatic rings. The highest BCUT2D eigenvalue weighted by Crippen LogP contribution is 2.51. The number of rotatable bonds is 7. The number of halogens is 9. The summed E-state index contributed by atoms with van der Waals surface area (Å²) in [6.07, 6.45) is -17.5. The number of carboxylic acid groups (broad SMARTS) is 1. The Bertz CT molecular complexity index is 2410. The number of nitrogens with one attached hydrogen (secondary N) is 2. The lowest BCUT2D eigenvalue weighted by molar-refractivity contribution is -0.331. The number of amides is 4. The predicted octanol–water partition coefficient (Wildman–Crippen LogP) is 6.77. The Balaban J connectivity index is 1.31. The van der Waals surface area contributed by atoms with Gasteiger partial charge >= 0.3 is 24.6 Å². The van der Waals surface area contributed by atoms with Gasteiger partial charge in [0.2, 0.25) is 27.4 Å². The van der Waals surface area contributed by atoms with Crippen LogP contribution in [0.2, 0.25) is 0 Å². The zero-order valence-electron chi connectivity index (χ0n) is 35.2. The molecular weight excluding hydrogens is 910 g/mol. The van der Waals surface area contributed by atoms with Crippen molar-refractivity contribution in [1.29, 1.82) is 0 Å². The molecule has 24 heteroatoms. The largest absolute Gasteiger partial charge is 0.484 e. The van der Waals surface area contributed by atoms with Crippen LogP contribution >= 0.6 is 0 Å². The van der Waals surface area contributed by atoms with Crippen molar-refractivity contribution in [1.82, 2.24) is 24.8 Å². The summed E-state index contributed by atoms with van der Waals surface area (Å²) in [6, 6.07) is -0.527. The van der Waals surface area contributed by atoms with Crippen LogP contribution in [0.25, 0.3) is 10.9 Å². The number of allylic oxidation sites excluding steroid dienone is 1. The SMILES string of the molecule is Cc1nc2ccc(OCC(F)(F)F)cc2c2c1O[C@]1(CC2)C[C@H]2C(=O)N[C@]3(C(=O)NS(=O)(=O)C4(C)CC4)C[C@H]3/C=C\CCCCC[C@H](N(C(=O)O)C(C)(C(F)(F)F)C(F)(F)F)C(=O)N2C1. The van der Waals surface area contributed by atoms with Gasteiger partial charge in [-0.3, -0.25) is 24.0 Å². The smallest absolute Gasteiger partial charge is 0.422 e. The summed E-state index contributed by atoms with van der Waals surface area (Å²) in [5.74, 6) is -4.75. The Hall–Kier alpha value is -5.03. The van der Waals surface area contributed by atoms with Crippen molar-refractivity contribution in [2.75, 3.05) is 13.2 Å². The van der Waals surface area contributed by atoms with E-state index in [0.29, 0.717) is 21.4 Å². The zero-order chi connectivity index (χ0) is 47.9. The highest BCUT2D eigenvalue weighted by Gasteiger charge is 2.74. The number of carbonyl (C=O) groups is 4. The Kier molecular flexibility index (Phi) is 11.9. The van der Waals surface area contributed by atoms with Gasteiger partial charge in [0.05, 0.1) is 22.5 Å². The highest BCUT2D eigenvalue weighted by atomic mass is 32.2. The van der Waals surface area contributed by atoms with Crippen molar-refractivity contribution in [2.24, 2.45) is 5.92 Å². The molecular formula is C41H46F9N5O9S. The van der Waals surface area contributed by atoms with E-state index < -0.39 is 130 Å². The van der Waals surface area contributed by atoms with Crippen LogP contribution < -0.4 is 19.5 Å². The Morgan fingerprint density at radius 2 is 1.71 bits per heavy atom. The maximum Gasteiger partial charge on any atom is 0.422 e. The van der Waals surface area contributed by atoms with Crippen LogP contribution in [0, 0.1) is 12.8 Å². The molecule has 1 aromatic heterocycles. The average Bonchev–Trinajstić information content (AvgIpc) is 4.09. The molecule has 0 radical (unpaired) electrons. The first kappa shape index (κ1) is 47.9. The van der Waals surface area contributed by atoms with E-state index in [1.165, 1.54) is 32.0 Å². The molecule has 65 heavy (non-hydrogen) atoms.